The molecule has 0 spiro atoms. The van der Waals surface area contributed by atoms with Crippen molar-refractivity contribution >= 4 is 26.0 Å². The monoisotopic (exact) mass is 377 g/mol. The van der Waals surface area contributed by atoms with Gasteiger partial charge in [-0.1, -0.05) is 18.9 Å². The molecule has 0 aliphatic heterocycles. The van der Waals surface area contributed by atoms with Crippen LogP contribution in [0.25, 0.3) is 0 Å². The van der Waals surface area contributed by atoms with Crippen molar-refractivity contribution in [3.63, 3.8) is 0 Å². The number of aliphatic hydroxyl groups excluding tert-OH is 1. The van der Waals surface area contributed by atoms with E-state index in [1.165, 1.54) is 18.9 Å². The van der Waals surface area contributed by atoms with Gasteiger partial charge in [-0.3, -0.25) is 0 Å². The molecule has 0 bridgehead atoms. The summed E-state index contributed by atoms with van der Waals surface area (Å²) in [6.07, 6.45) is 4.79. The lowest BCUT2D eigenvalue weighted by Gasteiger charge is -2.13. The summed E-state index contributed by atoms with van der Waals surface area (Å²) in [5, 5.41) is 9.10. The first-order valence-corrected chi connectivity index (χ1v) is 9.31. The van der Waals surface area contributed by atoms with Crippen molar-refractivity contribution in [1.82, 2.24) is 4.72 Å². The number of sulfonamides is 1. The van der Waals surface area contributed by atoms with Gasteiger partial charge in [-0.15, -0.1) is 0 Å². The largest absolute Gasteiger partial charge is 0.392 e. The number of nitrogens with one attached hydrogen (secondary N) is 1. The fourth-order valence-corrected chi connectivity index (χ4v) is 4.41. The Morgan fingerprint density at radius 2 is 2.05 bits per heavy atom. The van der Waals surface area contributed by atoms with Crippen LogP contribution in [0.4, 0.5) is 0 Å². The summed E-state index contributed by atoms with van der Waals surface area (Å²) in [5.41, 5.74) is 0.556. The van der Waals surface area contributed by atoms with Crippen LogP contribution >= 0.6 is 15.9 Å². The van der Waals surface area contributed by atoms with E-state index in [4.69, 9.17) is 9.84 Å². The Hall–Kier alpha value is -0.470. The number of hydrogen-bond donors (Lipinski definition) is 2. The highest BCUT2D eigenvalue weighted by molar-refractivity contribution is 9.10. The third kappa shape index (κ3) is 4.75. The molecule has 21 heavy (non-hydrogen) atoms. The molecule has 118 valence electrons. The molecule has 1 aromatic carbocycles. The molecule has 1 aliphatic rings. The molecule has 2 rings (SSSR count). The highest BCUT2D eigenvalue weighted by Crippen LogP contribution is 2.23. The maximum atomic E-state index is 12.2. The van der Waals surface area contributed by atoms with E-state index in [0.29, 0.717) is 16.6 Å². The van der Waals surface area contributed by atoms with E-state index in [-0.39, 0.29) is 24.2 Å². The summed E-state index contributed by atoms with van der Waals surface area (Å²) in [6, 6.07) is 4.76. The lowest BCUT2D eigenvalue weighted by Crippen LogP contribution is -2.29. The Kier molecular flexibility index (Phi) is 6.19. The molecule has 5 nitrogen and oxygen atoms in total. The minimum absolute atomic E-state index is 0.134. The number of benzene rings is 1. The smallest absolute Gasteiger partial charge is 0.241 e. The normalized spacial score (nSPS) is 16.5. The van der Waals surface area contributed by atoms with Gasteiger partial charge in [0.05, 0.1) is 24.2 Å². The number of rotatable bonds is 7. The summed E-state index contributed by atoms with van der Waals surface area (Å²) in [5.74, 6) is 0. The van der Waals surface area contributed by atoms with Gasteiger partial charge in [0.1, 0.15) is 0 Å². The molecule has 0 saturated heterocycles. The molecule has 0 heterocycles. The second kappa shape index (κ2) is 7.69. The Morgan fingerprint density at radius 1 is 1.33 bits per heavy atom. The minimum Gasteiger partial charge on any atom is -0.392 e. The molecule has 1 fully saturated rings. The Balaban J connectivity index is 1.91. The maximum absolute atomic E-state index is 12.2. The van der Waals surface area contributed by atoms with Gasteiger partial charge >= 0.3 is 0 Å². The predicted molar refractivity (Wildman–Crippen MR) is 83.5 cm³/mol. The number of halogens is 1. The van der Waals surface area contributed by atoms with Gasteiger partial charge in [-0.05, 0) is 46.5 Å². The molecule has 2 N–H and O–H groups in total. The first-order chi connectivity index (χ1) is 10.0. The standard InChI is InChI=1S/C14H20BrNO4S/c15-13-6-5-11(10-17)9-14(13)21(18,19)16-7-8-20-12-3-1-2-4-12/h5-6,9,12,16-17H,1-4,7-8,10H2. The molecule has 1 aliphatic carbocycles. The first-order valence-electron chi connectivity index (χ1n) is 7.03. The van der Waals surface area contributed by atoms with Gasteiger partial charge < -0.3 is 9.84 Å². The Bertz CT molecular complexity index is 570. The quantitative estimate of drug-likeness (QED) is 0.714. The van der Waals surface area contributed by atoms with Crippen LogP contribution in [0.3, 0.4) is 0 Å². The lowest BCUT2D eigenvalue weighted by molar-refractivity contribution is 0.0626. The zero-order valence-electron chi connectivity index (χ0n) is 11.7. The number of ether oxygens (including phenoxy) is 1. The molecule has 0 aromatic heterocycles. The van der Waals surface area contributed by atoms with Gasteiger partial charge in [0.25, 0.3) is 0 Å². The van der Waals surface area contributed by atoms with Gasteiger partial charge in [0.2, 0.25) is 10.0 Å². The molecule has 1 saturated carbocycles. The molecule has 0 atom stereocenters. The zero-order chi connectivity index (χ0) is 15.3. The lowest BCUT2D eigenvalue weighted by atomic mass is 10.2. The highest BCUT2D eigenvalue weighted by Gasteiger charge is 2.19. The fraction of sp³-hybridized carbons (Fsp3) is 0.571. The summed E-state index contributed by atoms with van der Waals surface area (Å²) >= 11 is 3.23. The number of hydrogen-bond acceptors (Lipinski definition) is 4. The van der Waals surface area contributed by atoms with Gasteiger partial charge in [-0.2, -0.15) is 0 Å². The Labute approximate surface area is 133 Å². The molecular formula is C14H20BrNO4S. The van der Waals surface area contributed by atoms with Crippen LogP contribution < -0.4 is 4.72 Å². The van der Waals surface area contributed by atoms with E-state index in [9.17, 15) is 8.42 Å². The van der Waals surface area contributed by atoms with Crippen LogP contribution in [-0.4, -0.2) is 32.8 Å². The van der Waals surface area contributed by atoms with Crippen molar-refractivity contribution in [3.8, 4) is 0 Å². The van der Waals surface area contributed by atoms with Crippen LogP contribution in [0.1, 0.15) is 31.2 Å². The van der Waals surface area contributed by atoms with Crippen molar-refractivity contribution in [3.05, 3.63) is 28.2 Å². The van der Waals surface area contributed by atoms with Crippen molar-refractivity contribution in [2.45, 2.75) is 43.3 Å². The number of aliphatic hydroxyl groups is 1. The highest BCUT2D eigenvalue weighted by atomic mass is 79.9. The third-order valence-electron chi connectivity index (χ3n) is 3.52. The fourth-order valence-electron chi connectivity index (χ4n) is 2.39. The van der Waals surface area contributed by atoms with Crippen LogP contribution in [0, 0.1) is 0 Å². The van der Waals surface area contributed by atoms with E-state index in [1.807, 2.05) is 0 Å². The molecule has 0 amide bonds. The molecule has 0 unspecified atom stereocenters. The summed E-state index contributed by atoms with van der Waals surface area (Å²) in [4.78, 5) is 0.134. The molecule has 0 radical (unpaired) electrons. The van der Waals surface area contributed by atoms with Gasteiger partial charge in [0, 0.05) is 11.0 Å². The summed E-state index contributed by atoms with van der Waals surface area (Å²) in [7, 11) is -3.61. The average Bonchev–Trinajstić information content (AvgIpc) is 2.97. The van der Waals surface area contributed by atoms with E-state index in [0.717, 1.165) is 12.8 Å². The SMILES string of the molecule is O=S(=O)(NCCOC1CCCC1)c1cc(CO)ccc1Br. The third-order valence-corrected chi connectivity index (χ3v) is 5.97. The second-order valence-electron chi connectivity index (χ2n) is 5.10. The first kappa shape index (κ1) is 16.9. The summed E-state index contributed by atoms with van der Waals surface area (Å²) in [6.45, 7) is 0.427. The van der Waals surface area contributed by atoms with Crippen LogP contribution in [0.15, 0.2) is 27.6 Å². The van der Waals surface area contributed by atoms with E-state index >= 15 is 0 Å². The van der Waals surface area contributed by atoms with Crippen LogP contribution in [0.5, 0.6) is 0 Å². The van der Waals surface area contributed by atoms with Crippen molar-refractivity contribution in [1.29, 1.82) is 0 Å². The van der Waals surface area contributed by atoms with Crippen LogP contribution in [-0.2, 0) is 21.4 Å². The zero-order valence-corrected chi connectivity index (χ0v) is 14.1. The molecule has 1 aromatic rings. The molecule has 7 heteroatoms. The van der Waals surface area contributed by atoms with Gasteiger partial charge in [0.15, 0.2) is 0 Å². The summed E-state index contributed by atoms with van der Waals surface area (Å²) < 4.78 is 33.1. The predicted octanol–water partition coefficient (Wildman–Crippen LogP) is 2.18. The minimum atomic E-state index is -3.61. The van der Waals surface area contributed by atoms with Gasteiger partial charge in [-0.25, -0.2) is 13.1 Å². The van der Waals surface area contributed by atoms with E-state index in [2.05, 4.69) is 20.7 Å². The average molecular weight is 378 g/mol. The van der Waals surface area contributed by atoms with Crippen molar-refractivity contribution < 1.29 is 18.3 Å². The Morgan fingerprint density at radius 3 is 2.71 bits per heavy atom. The van der Waals surface area contributed by atoms with E-state index < -0.39 is 10.0 Å². The maximum Gasteiger partial charge on any atom is 0.241 e. The van der Waals surface area contributed by atoms with Crippen molar-refractivity contribution in [2.24, 2.45) is 0 Å². The molecular weight excluding hydrogens is 358 g/mol. The second-order valence-corrected chi connectivity index (χ2v) is 7.69. The van der Waals surface area contributed by atoms with Crippen molar-refractivity contribution in [2.75, 3.05) is 13.2 Å². The van der Waals surface area contributed by atoms with E-state index in [1.54, 1.807) is 12.1 Å². The topological polar surface area (TPSA) is 75.6 Å². The van der Waals surface area contributed by atoms with Crippen LogP contribution in [0.2, 0.25) is 0 Å².